The molecule has 1 aromatic heterocycles. The van der Waals surface area contributed by atoms with Gasteiger partial charge in [-0.2, -0.15) is 0 Å². The lowest BCUT2D eigenvalue weighted by Crippen LogP contribution is -2.12. The quantitative estimate of drug-likeness (QED) is 0.539. The van der Waals surface area contributed by atoms with E-state index >= 15 is 0 Å². The van der Waals surface area contributed by atoms with Crippen molar-refractivity contribution >= 4 is 32.2 Å². The number of carbonyl (C=O) groups excluding carboxylic acids is 1. The number of carbonyl (C=O) groups is 1. The average Bonchev–Trinajstić information content (AvgIpc) is 3.17. The third-order valence-electron chi connectivity index (χ3n) is 4.19. The zero-order chi connectivity index (χ0) is 16.7. The molecule has 1 N–H and O–H groups in total. The van der Waals surface area contributed by atoms with Gasteiger partial charge in [-0.3, -0.25) is 4.79 Å². The number of hydrogen-bond donors (Lipinski definition) is 1. The maximum atomic E-state index is 12.1. The van der Waals surface area contributed by atoms with Crippen LogP contribution in [0.2, 0.25) is 0 Å². The average molecular weight is 360 g/mol. The van der Waals surface area contributed by atoms with Crippen LogP contribution >= 0.6 is 11.3 Å². The largest absolute Gasteiger partial charge is 0.301 e. The number of nitrogens with zero attached hydrogens (tertiary/aromatic N) is 2. The lowest BCUT2D eigenvalue weighted by molar-refractivity contribution is -0.116. The summed E-state index contributed by atoms with van der Waals surface area (Å²) in [5.41, 5.74) is 0. The lowest BCUT2D eigenvalue weighted by atomic mass is 10.0. The molecule has 0 bridgehead atoms. The van der Waals surface area contributed by atoms with Crippen molar-refractivity contribution in [3.05, 3.63) is 0 Å². The van der Waals surface area contributed by atoms with Gasteiger partial charge in [-0.05, 0) is 18.8 Å². The van der Waals surface area contributed by atoms with Gasteiger partial charge in [0.2, 0.25) is 25.2 Å². The Balaban J connectivity index is 1.82. The number of unbranched alkanes of at least 4 members (excludes halogenated alkanes) is 2. The summed E-state index contributed by atoms with van der Waals surface area (Å²) >= 11 is 0.942. The minimum absolute atomic E-state index is 0.000282. The molecule has 1 fully saturated rings. The summed E-state index contributed by atoms with van der Waals surface area (Å²) in [4.78, 5) is 11.9. The van der Waals surface area contributed by atoms with Gasteiger partial charge in [-0.25, -0.2) is 8.42 Å². The molecule has 130 valence electrons. The van der Waals surface area contributed by atoms with Crippen molar-refractivity contribution in [3.8, 4) is 0 Å². The van der Waals surface area contributed by atoms with Crippen LogP contribution in [0.1, 0.15) is 64.7 Å². The summed E-state index contributed by atoms with van der Waals surface area (Å²) in [6.07, 6.45) is 8.79. The Morgan fingerprint density at radius 3 is 2.70 bits per heavy atom. The zero-order valence-corrected chi connectivity index (χ0v) is 15.2. The molecule has 0 saturated heterocycles. The van der Waals surface area contributed by atoms with Crippen LogP contribution in [0.5, 0.6) is 0 Å². The number of aromatic nitrogens is 2. The van der Waals surface area contributed by atoms with Gasteiger partial charge in [0.15, 0.2) is 0 Å². The van der Waals surface area contributed by atoms with Crippen LogP contribution < -0.4 is 5.32 Å². The minimum atomic E-state index is -3.38. The number of amides is 1. The number of hydrogen-bond acceptors (Lipinski definition) is 6. The predicted molar refractivity (Wildman–Crippen MR) is 91.3 cm³/mol. The van der Waals surface area contributed by atoms with Crippen molar-refractivity contribution in [2.24, 2.45) is 5.92 Å². The Bertz CT molecular complexity index is 607. The predicted octanol–water partition coefficient (Wildman–Crippen LogP) is 3.41. The molecule has 2 rings (SSSR count). The van der Waals surface area contributed by atoms with Gasteiger partial charge in [0.25, 0.3) is 0 Å². The molecule has 23 heavy (non-hydrogen) atoms. The molecule has 1 saturated carbocycles. The summed E-state index contributed by atoms with van der Waals surface area (Å²) in [5, 5.41) is 10.5. The molecule has 0 aromatic carbocycles. The van der Waals surface area contributed by atoms with Crippen molar-refractivity contribution < 1.29 is 13.2 Å². The van der Waals surface area contributed by atoms with E-state index in [4.69, 9.17) is 0 Å². The Kier molecular flexibility index (Phi) is 6.95. The summed E-state index contributed by atoms with van der Waals surface area (Å²) in [7, 11) is -3.38. The Labute approximate surface area is 142 Å². The lowest BCUT2D eigenvalue weighted by Gasteiger charge is -2.07. The number of nitrogens with one attached hydrogen (secondary N) is 1. The number of anilines is 1. The Morgan fingerprint density at radius 2 is 2.00 bits per heavy atom. The van der Waals surface area contributed by atoms with Crippen LogP contribution in [0.3, 0.4) is 0 Å². The minimum Gasteiger partial charge on any atom is -0.301 e. The number of sulfone groups is 1. The molecule has 0 spiro atoms. The van der Waals surface area contributed by atoms with Crippen molar-refractivity contribution in [1.29, 1.82) is 0 Å². The van der Waals surface area contributed by atoms with Gasteiger partial charge in [0.1, 0.15) is 0 Å². The second-order valence-electron chi connectivity index (χ2n) is 6.14. The summed E-state index contributed by atoms with van der Waals surface area (Å²) < 4.78 is 24.2. The van der Waals surface area contributed by atoms with Crippen molar-refractivity contribution in [1.82, 2.24) is 10.2 Å². The van der Waals surface area contributed by atoms with Crippen LogP contribution in [0, 0.1) is 5.92 Å². The Hall–Kier alpha value is -1.02. The van der Waals surface area contributed by atoms with E-state index in [1.165, 1.54) is 25.7 Å². The highest BCUT2D eigenvalue weighted by Crippen LogP contribution is 2.29. The molecular formula is C15H25N3O3S2. The molecule has 0 aliphatic heterocycles. The standard InChI is InChI=1S/C15H25N3O3S2/c1-2-3-6-11-23(20,21)15-18-17-14(22-15)16-13(19)10-9-12-7-4-5-8-12/h12H,2-11H2,1H3,(H,16,17,19). The molecule has 1 heterocycles. The first-order valence-electron chi connectivity index (χ1n) is 8.37. The molecule has 1 amide bonds. The van der Waals surface area contributed by atoms with E-state index in [1.54, 1.807) is 0 Å². The highest BCUT2D eigenvalue weighted by Gasteiger charge is 2.21. The van der Waals surface area contributed by atoms with Gasteiger partial charge in [0, 0.05) is 6.42 Å². The fourth-order valence-corrected chi connectivity index (χ4v) is 5.24. The van der Waals surface area contributed by atoms with Gasteiger partial charge >= 0.3 is 0 Å². The van der Waals surface area contributed by atoms with Crippen LogP contribution in [-0.2, 0) is 14.6 Å². The SMILES string of the molecule is CCCCCS(=O)(=O)c1nnc(NC(=O)CCC2CCCC2)s1. The van der Waals surface area contributed by atoms with Gasteiger partial charge in [-0.1, -0.05) is 56.8 Å². The topological polar surface area (TPSA) is 89.0 Å². The first-order valence-corrected chi connectivity index (χ1v) is 10.8. The van der Waals surface area contributed by atoms with Crippen LogP contribution in [-0.4, -0.2) is 30.3 Å². The molecule has 0 atom stereocenters. The van der Waals surface area contributed by atoms with Gasteiger partial charge in [0.05, 0.1) is 5.75 Å². The molecule has 1 aliphatic rings. The fourth-order valence-electron chi connectivity index (χ4n) is 2.83. The van der Waals surface area contributed by atoms with E-state index in [0.29, 0.717) is 18.8 Å². The molecular weight excluding hydrogens is 334 g/mol. The Morgan fingerprint density at radius 1 is 1.26 bits per heavy atom. The zero-order valence-electron chi connectivity index (χ0n) is 13.6. The second-order valence-corrected chi connectivity index (χ2v) is 9.40. The van der Waals surface area contributed by atoms with Crippen molar-refractivity contribution in [3.63, 3.8) is 0 Å². The van der Waals surface area contributed by atoms with E-state index in [2.05, 4.69) is 15.5 Å². The van der Waals surface area contributed by atoms with E-state index in [-0.39, 0.29) is 21.1 Å². The summed E-state index contributed by atoms with van der Waals surface area (Å²) in [5.74, 6) is 0.637. The molecule has 8 heteroatoms. The molecule has 6 nitrogen and oxygen atoms in total. The smallest absolute Gasteiger partial charge is 0.234 e. The monoisotopic (exact) mass is 359 g/mol. The summed E-state index contributed by atoms with van der Waals surface area (Å²) in [6, 6.07) is 0. The number of rotatable bonds is 9. The van der Waals surface area contributed by atoms with E-state index in [1.807, 2.05) is 6.92 Å². The summed E-state index contributed by atoms with van der Waals surface area (Å²) in [6.45, 7) is 2.02. The van der Waals surface area contributed by atoms with Crippen LogP contribution in [0.4, 0.5) is 5.13 Å². The molecule has 0 radical (unpaired) electrons. The van der Waals surface area contributed by atoms with Crippen LogP contribution in [0.25, 0.3) is 0 Å². The first-order chi connectivity index (χ1) is 11.0. The van der Waals surface area contributed by atoms with Crippen molar-refractivity contribution in [2.45, 2.75) is 69.1 Å². The third kappa shape index (κ3) is 5.84. The fraction of sp³-hybridized carbons (Fsp3) is 0.800. The van der Waals surface area contributed by atoms with E-state index in [9.17, 15) is 13.2 Å². The highest BCUT2D eigenvalue weighted by molar-refractivity contribution is 7.93. The highest BCUT2D eigenvalue weighted by atomic mass is 32.2. The third-order valence-corrected chi connectivity index (χ3v) is 7.27. The second kappa shape index (κ2) is 8.73. The van der Waals surface area contributed by atoms with Crippen molar-refractivity contribution in [2.75, 3.05) is 11.1 Å². The van der Waals surface area contributed by atoms with E-state index in [0.717, 1.165) is 30.6 Å². The molecule has 0 unspecified atom stereocenters. The first kappa shape index (κ1) is 18.3. The van der Waals surface area contributed by atoms with Gasteiger partial charge < -0.3 is 5.32 Å². The molecule has 1 aliphatic carbocycles. The van der Waals surface area contributed by atoms with Gasteiger partial charge in [-0.15, -0.1) is 10.2 Å². The molecule has 1 aromatic rings. The van der Waals surface area contributed by atoms with E-state index < -0.39 is 9.84 Å². The maximum Gasteiger partial charge on any atom is 0.234 e. The normalized spacial score (nSPS) is 15.9. The maximum absolute atomic E-state index is 12.1. The van der Waals surface area contributed by atoms with Crippen LogP contribution in [0.15, 0.2) is 4.34 Å².